The van der Waals surface area contributed by atoms with Gasteiger partial charge in [-0.05, 0) is 31.0 Å². The molecular weight excluding hydrogens is 232 g/mol. The lowest BCUT2D eigenvalue weighted by atomic mass is 9.86. The van der Waals surface area contributed by atoms with E-state index >= 15 is 0 Å². The molecule has 0 saturated carbocycles. The van der Waals surface area contributed by atoms with Crippen LogP contribution in [0.2, 0.25) is 0 Å². The van der Waals surface area contributed by atoms with Gasteiger partial charge in [0.2, 0.25) is 5.82 Å². The zero-order valence-corrected chi connectivity index (χ0v) is 10.2. The van der Waals surface area contributed by atoms with Gasteiger partial charge in [0.1, 0.15) is 0 Å². The first-order valence-corrected chi connectivity index (χ1v) is 5.55. The highest BCUT2D eigenvalue weighted by molar-refractivity contribution is 5.74. The van der Waals surface area contributed by atoms with Gasteiger partial charge in [-0.1, -0.05) is 24.3 Å². The maximum atomic E-state index is 11.0. The van der Waals surface area contributed by atoms with E-state index in [-0.39, 0.29) is 0 Å². The van der Waals surface area contributed by atoms with E-state index in [0.717, 1.165) is 11.1 Å². The fourth-order valence-corrected chi connectivity index (χ4v) is 1.64. The standard InChI is InChI=1S/C12H14N4O2/c1-12(2,11(17)18)7-8-3-5-9(6-4-8)10-13-15-16-14-10/h3-6H,7H2,1-2H3,(H,17,18)(H,13,14,15,16). The van der Waals surface area contributed by atoms with E-state index < -0.39 is 11.4 Å². The number of hydrogen-bond donors (Lipinski definition) is 2. The Morgan fingerprint density at radius 3 is 2.50 bits per heavy atom. The Kier molecular flexibility index (Phi) is 3.10. The molecule has 0 radical (unpaired) electrons. The van der Waals surface area contributed by atoms with E-state index in [1.165, 1.54) is 0 Å². The molecule has 0 unspecified atom stereocenters. The number of carboxylic acids is 1. The number of carboxylic acid groups (broad SMARTS) is 1. The van der Waals surface area contributed by atoms with Crippen molar-refractivity contribution in [2.24, 2.45) is 5.41 Å². The van der Waals surface area contributed by atoms with Gasteiger partial charge in [-0.25, -0.2) is 0 Å². The molecule has 1 aromatic carbocycles. The van der Waals surface area contributed by atoms with E-state index in [9.17, 15) is 4.79 Å². The molecular formula is C12H14N4O2. The highest BCUT2D eigenvalue weighted by atomic mass is 16.4. The monoisotopic (exact) mass is 246 g/mol. The van der Waals surface area contributed by atoms with E-state index in [1.807, 2.05) is 24.3 Å². The van der Waals surface area contributed by atoms with Crippen molar-refractivity contribution in [2.45, 2.75) is 20.3 Å². The maximum Gasteiger partial charge on any atom is 0.309 e. The van der Waals surface area contributed by atoms with E-state index in [4.69, 9.17) is 5.11 Å². The van der Waals surface area contributed by atoms with Gasteiger partial charge in [-0.15, -0.1) is 10.2 Å². The second-order valence-electron chi connectivity index (χ2n) is 4.80. The number of aromatic amines is 1. The summed E-state index contributed by atoms with van der Waals surface area (Å²) in [6.07, 6.45) is 0.481. The van der Waals surface area contributed by atoms with Gasteiger partial charge in [0.25, 0.3) is 0 Å². The Hall–Kier alpha value is -2.24. The Morgan fingerprint density at radius 2 is 2.00 bits per heavy atom. The zero-order chi connectivity index (χ0) is 13.2. The highest BCUT2D eigenvalue weighted by Crippen LogP contribution is 2.23. The van der Waals surface area contributed by atoms with Gasteiger partial charge < -0.3 is 5.11 Å². The molecule has 18 heavy (non-hydrogen) atoms. The van der Waals surface area contributed by atoms with Gasteiger partial charge in [0.15, 0.2) is 0 Å². The lowest BCUT2D eigenvalue weighted by molar-refractivity contribution is -0.146. The normalized spacial score (nSPS) is 11.4. The molecule has 94 valence electrons. The van der Waals surface area contributed by atoms with Crippen LogP contribution in [0.1, 0.15) is 19.4 Å². The van der Waals surface area contributed by atoms with Crippen molar-refractivity contribution in [2.75, 3.05) is 0 Å². The number of benzene rings is 1. The van der Waals surface area contributed by atoms with Crippen LogP contribution in [0.3, 0.4) is 0 Å². The number of hydrogen-bond acceptors (Lipinski definition) is 4. The Labute approximate surface area is 104 Å². The number of nitrogens with zero attached hydrogens (tertiary/aromatic N) is 3. The van der Waals surface area contributed by atoms with Crippen LogP contribution in [0.5, 0.6) is 0 Å². The second kappa shape index (κ2) is 4.56. The second-order valence-corrected chi connectivity index (χ2v) is 4.80. The third-order valence-corrected chi connectivity index (χ3v) is 2.78. The highest BCUT2D eigenvalue weighted by Gasteiger charge is 2.27. The zero-order valence-electron chi connectivity index (χ0n) is 10.2. The van der Waals surface area contributed by atoms with Crippen LogP contribution in [-0.2, 0) is 11.2 Å². The van der Waals surface area contributed by atoms with Crippen molar-refractivity contribution >= 4 is 5.97 Å². The summed E-state index contributed by atoms with van der Waals surface area (Å²) in [5.74, 6) is -0.274. The van der Waals surface area contributed by atoms with Gasteiger partial charge >= 0.3 is 5.97 Å². The Bertz CT molecular complexity index is 532. The van der Waals surface area contributed by atoms with Gasteiger partial charge in [-0.3, -0.25) is 4.79 Å². The molecule has 0 saturated heterocycles. The molecule has 1 aromatic heterocycles. The summed E-state index contributed by atoms with van der Waals surface area (Å²) in [5, 5.41) is 22.7. The SMILES string of the molecule is CC(C)(Cc1ccc(-c2nn[nH]n2)cc1)C(=O)O. The molecule has 0 aliphatic rings. The number of nitrogens with one attached hydrogen (secondary N) is 1. The van der Waals surface area contributed by atoms with Gasteiger partial charge in [0.05, 0.1) is 5.41 Å². The first kappa shape index (κ1) is 12.2. The molecule has 0 fully saturated rings. The Balaban J connectivity index is 2.16. The quantitative estimate of drug-likeness (QED) is 0.853. The van der Waals surface area contributed by atoms with Gasteiger partial charge in [-0.2, -0.15) is 5.21 Å². The lowest BCUT2D eigenvalue weighted by Gasteiger charge is -2.18. The van der Waals surface area contributed by atoms with Crippen LogP contribution in [0.25, 0.3) is 11.4 Å². The summed E-state index contributed by atoms with van der Waals surface area (Å²) in [6.45, 7) is 3.42. The summed E-state index contributed by atoms with van der Waals surface area (Å²) in [5.41, 5.74) is 1.04. The summed E-state index contributed by atoms with van der Waals surface area (Å²) < 4.78 is 0. The summed E-state index contributed by atoms with van der Waals surface area (Å²) in [6, 6.07) is 7.49. The topological polar surface area (TPSA) is 91.8 Å². The van der Waals surface area contributed by atoms with E-state index in [0.29, 0.717) is 12.2 Å². The molecule has 2 N–H and O–H groups in total. The van der Waals surface area contributed by atoms with Crippen LogP contribution in [-0.4, -0.2) is 31.7 Å². The minimum absolute atomic E-state index is 0.481. The fourth-order valence-electron chi connectivity index (χ4n) is 1.64. The number of tetrazole rings is 1. The first-order valence-electron chi connectivity index (χ1n) is 5.55. The van der Waals surface area contributed by atoms with Crippen LogP contribution in [0.15, 0.2) is 24.3 Å². The Morgan fingerprint density at radius 1 is 1.33 bits per heavy atom. The minimum atomic E-state index is -0.801. The number of H-pyrrole nitrogens is 1. The minimum Gasteiger partial charge on any atom is -0.481 e. The van der Waals surface area contributed by atoms with Crippen LogP contribution >= 0.6 is 0 Å². The van der Waals surface area contributed by atoms with Crippen molar-refractivity contribution in [3.63, 3.8) is 0 Å². The van der Waals surface area contributed by atoms with Crippen molar-refractivity contribution in [1.29, 1.82) is 0 Å². The fraction of sp³-hybridized carbons (Fsp3) is 0.333. The largest absolute Gasteiger partial charge is 0.481 e. The molecule has 0 atom stereocenters. The predicted octanol–water partition coefficient (Wildman–Crippen LogP) is 1.52. The number of aromatic nitrogens is 4. The number of carbonyl (C=O) groups is 1. The molecule has 0 aliphatic carbocycles. The summed E-state index contributed by atoms with van der Waals surface area (Å²) in [7, 11) is 0. The molecule has 2 aromatic rings. The molecule has 1 heterocycles. The smallest absolute Gasteiger partial charge is 0.309 e. The third-order valence-electron chi connectivity index (χ3n) is 2.78. The molecule has 0 bridgehead atoms. The first-order chi connectivity index (χ1) is 8.49. The van der Waals surface area contributed by atoms with Crippen molar-refractivity contribution in [3.8, 4) is 11.4 Å². The average molecular weight is 246 g/mol. The van der Waals surface area contributed by atoms with E-state index in [2.05, 4.69) is 20.6 Å². The van der Waals surface area contributed by atoms with Crippen LogP contribution in [0, 0.1) is 5.41 Å². The molecule has 6 nitrogen and oxygen atoms in total. The van der Waals surface area contributed by atoms with Crippen LogP contribution in [0.4, 0.5) is 0 Å². The van der Waals surface area contributed by atoms with Gasteiger partial charge in [0, 0.05) is 5.56 Å². The molecule has 0 aliphatic heterocycles. The van der Waals surface area contributed by atoms with Crippen molar-refractivity contribution < 1.29 is 9.90 Å². The third kappa shape index (κ3) is 2.53. The average Bonchev–Trinajstić information content (AvgIpc) is 2.83. The molecule has 2 rings (SSSR count). The molecule has 0 spiro atoms. The van der Waals surface area contributed by atoms with Crippen LogP contribution < -0.4 is 0 Å². The summed E-state index contributed by atoms with van der Waals surface area (Å²) >= 11 is 0. The lowest BCUT2D eigenvalue weighted by Crippen LogP contribution is -2.26. The molecule has 0 amide bonds. The predicted molar refractivity (Wildman–Crippen MR) is 64.7 cm³/mol. The maximum absolute atomic E-state index is 11.0. The number of rotatable bonds is 4. The van der Waals surface area contributed by atoms with Crippen molar-refractivity contribution in [3.05, 3.63) is 29.8 Å². The summed E-state index contributed by atoms with van der Waals surface area (Å²) in [4.78, 5) is 11.0. The molecule has 6 heteroatoms. The number of aliphatic carboxylic acids is 1. The van der Waals surface area contributed by atoms with E-state index in [1.54, 1.807) is 13.8 Å². The van der Waals surface area contributed by atoms with Crippen molar-refractivity contribution in [1.82, 2.24) is 20.6 Å².